The van der Waals surface area contributed by atoms with E-state index in [1.165, 1.54) is 0 Å². The quantitative estimate of drug-likeness (QED) is 0.504. The third kappa shape index (κ3) is 7.39. The predicted octanol–water partition coefficient (Wildman–Crippen LogP) is 1.92. The zero-order chi connectivity index (χ0) is 12.6. The highest BCUT2D eigenvalue weighted by molar-refractivity contribution is 8.77. The Kier molecular flexibility index (Phi) is 10.7. The van der Waals surface area contributed by atoms with Crippen LogP contribution in [-0.4, -0.2) is 50.8 Å². The van der Waals surface area contributed by atoms with Crippen LogP contribution in [0.2, 0.25) is 26.2 Å². The normalized spacial score (nSPS) is 15.8. The third-order valence-corrected chi connectivity index (χ3v) is 14.4. The SMILES string of the molecule is C[SiH](C)C(CCO)SSC(CCO)[SiH](C)C. The van der Waals surface area contributed by atoms with Gasteiger partial charge >= 0.3 is 0 Å². The smallest absolute Gasteiger partial charge is 0.0469 e. The van der Waals surface area contributed by atoms with Crippen LogP contribution in [-0.2, 0) is 0 Å². The first kappa shape index (κ1) is 17.1. The minimum atomic E-state index is -0.678. The molecule has 0 aliphatic carbocycles. The van der Waals surface area contributed by atoms with Crippen LogP contribution in [0.5, 0.6) is 0 Å². The molecule has 2 atom stereocenters. The van der Waals surface area contributed by atoms with E-state index in [1.807, 2.05) is 21.6 Å². The molecule has 0 spiro atoms. The first-order chi connectivity index (χ1) is 7.52. The van der Waals surface area contributed by atoms with Crippen LogP contribution in [0.25, 0.3) is 0 Å². The number of hydrogen-bond acceptors (Lipinski definition) is 4. The number of hydrogen-bond donors (Lipinski definition) is 2. The summed E-state index contributed by atoms with van der Waals surface area (Å²) in [6, 6.07) is 0. The van der Waals surface area contributed by atoms with Gasteiger partial charge in [0, 0.05) is 40.6 Å². The molecule has 0 aromatic rings. The zero-order valence-corrected chi connectivity index (χ0v) is 14.8. The molecular weight excluding hydrogens is 272 g/mol. The van der Waals surface area contributed by atoms with Crippen molar-refractivity contribution in [1.29, 1.82) is 0 Å². The van der Waals surface area contributed by atoms with Crippen molar-refractivity contribution < 1.29 is 10.2 Å². The molecule has 0 aliphatic rings. The van der Waals surface area contributed by atoms with Gasteiger partial charge in [-0.2, -0.15) is 0 Å². The number of aliphatic hydroxyl groups excluding tert-OH is 2. The minimum Gasteiger partial charge on any atom is -0.396 e. The van der Waals surface area contributed by atoms with Gasteiger partial charge in [-0.1, -0.05) is 47.8 Å². The Morgan fingerprint density at radius 2 is 1.12 bits per heavy atom. The minimum absolute atomic E-state index is 0.313. The average Bonchev–Trinajstić information content (AvgIpc) is 2.21. The van der Waals surface area contributed by atoms with E-state index >= 15 is 0 Å². The Morgan fingerprint density at radius 3 is 1.31 bits per heavy atom. The highest BCUT2D eigenvalue weighted by Crippen LogP contribution is 2.36. The molecule has 0 saturated carbocycles. The maximum atomic E-state index is 9.03. The average molecular weight is 299 g/mol. The lowest BCUT2D eigenvalue weighted by Gasteiger charge is -2.23. The summed E-state index contributed by atoms with van der Waals surface area (Å²) in [5, 5.41) is 18.1. The second-order valence-electron chi connectivity index (χ2n) is 4.78. The Hall–Kier alpha value is 1.05. The van der Waals surface area contributed by atoms with Crippen molar-refractivity contribution in [1.82, 2.24) is 0 Å². The predicted molar refractivity (Wildman–Crippen MR) is 83.9 cm³/mol. The molecular formula is C10H26O2S2Si2. The van der Waals surface area contributed by atoms with Crippen LogP contribution >= 0.6 is 21.6 Å². The van der Waals surface area contributed by atoms with E-state index in [4.69, 9.17) is 10.2 Å². The van der Waals surface area contributed by atoms with E-state index in [0.717, 1.165) is 12.8 Å². The largest absolute Gasteiger partial charge is 0.396 e. The summed E-state index contributed by atoms with van der Waals surface area (Å²) in [4.78, 5) is 1.34. The zero-order valence-electron chi connectivity index (χ0n) is 10.8. The molecule has 0 bridgehead atoms. The molecule has 0 heterocycles. The first-order valence-corrected chi connectivity index (χ1v) is 14.3. The molecule has 0 aliphatic heterocycles. The lowest BCUT2D eigenvalue weighted by atomic mass is 10.5. The Labute approximate surface area is 111 Å². The molecule has 98 valence electrons. The van der Waals surface area contributed by atoms with Crippen LogP contribution in [0.3, 0.4) is 0 Å². The van der Waals surface area contributed by atoms with Crippen molar-refractivity contribution in [3.05, 3.63) is 0 Å². The number of rotatable bonds is 9. The van der Waals surface area contributed by atoms with Crippen molar-refractivity contribution in [3.8, 4) is 0 Å². The van der Waals surface area contributed by atoms with Crippen molar-refractivity contribution in [2.75, 3.05) is 13.2 Å². The van der Waals surface area contributed by atoms with Gasteiger partial charge in [0.15, 0.2) is 0 Å². The molecule has 16 heavy (non-hydrogen) atoms. The molecule has 0 radical (unpaired) electrons. The second-order valence-corrected chi connectivity index (χ2v) is 15.1. The maximum absolute atomic E-state index is 9.03. The highest BCUT2D eigenvalue weighted by atomic mass is 33.1. The molecule has 2 unspecified atom stereocenters. The summed E-state index contributed by atoms with van der Waals surface area (Å²) in [6.45, 7) is 10.0. The summed E-state index contributed by atoms with van der Waals surface area (Å²) in [5.74, 6) is 0. The Morgan fingerprint density at radius 1 is 0.812 bits per heavy atom. The summed E-state index contributed by atoms with van der Waals surface area (Å²) in [7, 11) is 2.59. The lowest BCUT2D eigenvalue weighted by molar-refractivity contribution is 0.292. The van der Waals surface area contributed by atoms with Gasteiger partial charge in [0.1, 0.15) is 0 Å². The third-order valence-electron chi connectivity index (χ3n) is 2.62. The molecule has 0 saturated heterocycles. The molecule has 0 fully saturated rings. The van der Waals surface area contributed by atoms with Crippen LogP contribution < -0.4 is 0 Å². The van der Waals surface area contributed by atoms with Crippen LogP contribution in [0.15, 0.2) is 0 Å². The van der Waals surface area contributed by atoms with Crippen molar-refractivity contribution >= 4 is 39.2 Å². The van der Waals surface area contributed by atoms with Crippen LogP contribution in [0.4, 0.5) is 0 Å². The fourth-order valence-electron chi connectivity index (χ4n) is 1.38. The fraction of sp³-hybridized carbons (Fsp3) is 1.00. The monoisotopic (exact) mass is 298 g/mol. The first-order valence-electron chi connectivity index (χ1n) is 6.06. The van der Waals surface area contributed by atoms with Gasteiger partial charge in [0.05, 0.1) is 0 Å². The standard InChI is InChI=1S/C10H26O2S2Si2/c1-15(2)9(5-7-11)13-14-10(6-8-12)16(3)4/h9-12,15-16H,5-8H2,1-4H3. The summed E-state index contributed by atoms with van der Waals surface area (Å²) < 4.78 is 0. The molecule has 2 N–H and O–H groups in total. The summed E-state index contributed by atoms with van der Waals surface area (Å²) >= 11 is 0. The topological polar surface area (TPSA) is 40.5 Å². The van der Waals surface area contributed by atoms with Crippen molar-refractivity contribution in [2.24, 2.45) is 0 Å². The van der Waals surface area contributed by atoms with Gasteiger partial charge in [-0.25, -0.2) is 0 Å². The van der Waals surface area contributed by atoms with E-state index < -0.39 is 17.6 Å². The van der Waals surface area contributed by atoms with Crippen molar-refractivity contribution in [2.45, 2.75) is 48.8 Å². The lowest BCUT2D eigenvalue weighted by Crippen LogP contribution is -2.25. The Balaban J connectivity index is 4.04. The Bertz CT molecular complexity index is 153. The van der Waals surface area contributed by atoms with Gasteiger partial charge in [-0.15, -0.1) is 0 Å². The van der Waals surface area contributed by atoms with E-state index in [0.29, 0.717) is 23.0 Å². The summed E-state index contributed by atoms with van der Waals surface area (Å²) in [5.41, 5.74) is 0. The second kappa shape index (κ2) is 10.0. The summed E-state index contributed by atoms with van der Waals surface area (Å²) in [6.07, 6.45) is 1.88. The molecule has 2 nitrogen and oxygen atoms in total. The molecule has 6 heteroatoms. The van der Waals surface area contributed by atoms with E-state index in [-0.39, 0.29) is 0 Å². The number of aliphatic hydroxyl groups is 2. The van der Waals surface area contributed by atoms with E-state index in [2.05, 4.69) is 26.2 Å². The molecule has 0 aromatic carbocycles. The van der Waals surface area contributed by atoms with Gasteiger partial charge in [-0.3, -0.25) is 0 Å². The molecule has 0 amide bonds. The van der Waals surface area contributed by atoms with E-state index in [1.54, 1.807) is 0 Å². The van der Waals surface area contributed by atoms with Gasteiger partial charge in [0.25, 0.3) is 0 Å². The van der Waals surface area contributed by atoms with Gasteiger partial charge < -0.3 is 10.2 Å². The van der Waals surface area contributed by atoms with Crippen LogP contribution in [0, 0.1) is 0 Å². The van der Waals surface area contributed by atoms with Gasteiger partial charge in [-0.05, 0) is 12.8 Å². The molecule has 0 rings (SSSR count). The van der Waals surface area contributed by atoms with Crippen LogP contribution in [0.1, 0.15) is 12.8 Å². The highest BCUT2D eigenvalue weighted by Gasteiger charge is 2.20. The molecule has 0 aromatic heterocycles. The fourth-order valence-corrected chi connectivity index (χ4v) is 12.1. The van der Waals surface area contributed by atoms with Gasteiger partial charge in [0.2, 0.25) is 0 Å². The maximum Gasteiger partial charge on any atom is 0.0469 e. The van der Waals surface area contributed by atoms with E-state index in [9.17, 15) is 0 Å². The van der Waals surface area contributed by atoms with Crippen molar-refractivity contribution in [3.63, 3.8) is 0 Å².